The molecule has 1 N–H and O–H groups in total. The number of benzene rings is 1. The molecule has 1 amide bonds. The molecule has 2 aromatic rings. The lowest BCUT2D eigenvalue weighted by Gasteiger charge is -2.36. The van der Waals surface area contributed by atoms with Gasteiger partial charge in [-0.25, -0.2) is 14.2 Å². The van der Waals surface area contributed by atoms with Gasteiger partial charge in [-0.05, 0) is 24.6 Å². The Morgan fingerprint density at radius 2 is 1.97 bits per heavy atom. The van der Waals surface area contributed by atoms with Crippen LogP contribution in [-0.2, 0) is 16.1 Å². The number of esters is 1. The quantitative estimate of drug-likeness (QED) is 0.558. The largest absolute Gasteiger partial charge is 0.478 e. The summed E-state index contributed by atoms with van der Waals surface area (Å²) in [6, 6.07) is 6.29. The number of hydrogen-bond donors (Lipinski definition) is 1. The molecular formula is C22H24F2N4O4. The summed E-state index contributed by atoms with van der Waals surface area (Å²) < 4.78 is 39.6. The Balaban J connectivity index is 1.40. The van der Waals surface area contributed by atoms with Gasteiger partial charge in [-0.3, -0.25) is 9.69 Å². The number of methoxy groups -OCH3 is 1. The van der Waals surface area contributed by atoms with Gasteiger partial charge < -0.3 is 19.7 Å². The maximum atomic E-state index is 15.0. The third kappa shape index (κ3) is 4.22. The van der Waals surface area contributed by atoms with Crippen LogP contribution in [0.1, 0.15) is 29.4 Å². The molecule has 2 aliphatic heterocycles. The molecule has 1 saturated heterocycles. The molecule has 4 rings (SSSR count). The fourth-order valence-corrected chi connectivity index (χ4v) is 3.89. The first kappa shape index (κ1) is 21.9. The summed E-state index contributed by atoms with van der Waals surface area (Å²) >= 11 is 0. The maximum absolute atomic E-state index is 15.0. The van der Waals surface area contributed by atoms with Gasteiger partial charge in [0.15, 0.2) is 17.6 Å². The molecule has 1 unspecified atom stereocenters. The second-order valence-electron chi connectivity index (χ2n) is 7.68. The normalized spacial score (nSPS) is 18.6. The van der Waals surface area contributed by atoms with E-state index in [9.17, 15) is 14.0 Å². The highest BCUT2D eigenvalue weighted by atomic mass is 19.1. The molecule has 170 valence electrons. The zero-order valence-corrected chi connectivity index (χ0v) is 17.9. The van der Waals surface area contributed by atoms with E-state index in [1.807, 2.05) is 11.8 Å². The number of nitrogens with zero attached hydrogens (tertiary/aromatic N) is 3. The third-order valence-electron chi connectivity index (χ3n) is 5.69. The van der Waals surface area contributed by atoms with Gasteiger partial charge in [-0.15, -0.1) is 0 Å². The van der Waals surface area contributed by atoms with Crippen LogP contribution in [0.5, 0.6) is 5.75 Å². The number of pyridine rings is 1. The summed E-state index contributed by atoms with van der Waals surface area (Å²) in [4.78, 5) is 31.1. The summed E-state index contributed by atoms with van der Waals surface area (Å²) in [5, 5.41) is 2.61. The molecule has 8 nitrogen and oxygen atoms in total. The van der Waals surface area contributed by atoms with Crippen LogP contribution >= 0.6 is 0 Å². The van der Waals surface area contributed by atoms with Crippen molar-refractivity contribution >= 4 is 23.3 Å². The smallest absolute Gasteiger partial charge is 0.356 e. The first-order valence-corrected chi connectivity index (χ1v) is 10.4. The van der Waals surface area contributed by atoms with Gasteiger partial charge in [0.1, 0.15) is 11.4 Å². The first-order valence-electron chi connectivity index (χ1n) is 10.4. The molecule has 32 heavy (non-hydrogen) atoms. The Morgan fingerprint density at radius 1 is 1.22 bits per heavy atom. The van der Waals surface area contributed by atoms with Crippen molar-refractivity contribution < 1.29 is 27.8 Å². The Kier molecular flexibility index (Phi) is 6.22. The van der Waals surface area contributed by atoms with E-state index in [1.165, 1.54) is 19.2 Å². The van der Waals surface area contributed by atoms with Crippen molar-refractivity contribution in [2.45, 2.75) is 26.0 Å². The zero-order chi connectivity index (χ0) is 22.8. The van der Waals surface area contributed by atoms with Crippen LogP contribution < -0.4 is 15.0 Å². The van der Waals surface area contributed by atoms with E-state index in [0.29, 0.717) is 56.1 Å². The number of amides is 1. The summed E-state index contributed by atoms with van der Waals surface area (Å²) in [6.07, 6.45) is -0.113. The predicted octanol–water partition coefficient (Wildman–Crippen LogP) is 2.58. The number of anilines is 2. The van der Waals surface area contributed by atoms with Crippen LogP contribution in [0.25, 0.3) is 0 Å². The van der Waals surface area contributed by atoms with Gasteiger partial charge in [0.2, 0.25) is 5.95 Å². The van der Waals surface area contributed by atoms with Crippen molar-refractivity contribution in [2.75, 3.05) is 43.5 Å². The second-order valence-corrected chi connectivity index (χ2v) is 7.68. The topological polar surface area (TPSA) is 84.0 Å². The van der Waals surface area contributed by atoms with E-state index in [2.05, 4.69) is 19.9 Å². The lowest BCUT2D eigenvalue weighted by molar-refractivity contribution is -0.123. The minimum atomic E-state index is -0.733. The van der Waals surface area contributed by atoms with Crippen molar-refractivity contribution in [3.8, 4) is 5.75 Å². The van der Waals surface area contributed by atoms with Crippen LogP contribution in [0.15, 0.2) is 24.3 Å². The third-order valence-corrected chi connectivity index (χ3v) is 5.69. The van der Waals surface area contributed by atoms with E-state index in [0.717, 1.165) is 0 Å². The molecule has 0 aliphatic carbocycles. The first-order chi connectivity index (χ1) is 15.4. The minimum absolute atomic E-state index is 0.0784. The second kappa shape index (κ2) is 9.07. The van der Waals surface area contributed by atoms with Crippen molar-refractivity contribution in [2.24, 2.45) is 0 Å². The zero-order valence-electron chi connectivity index (χ0n) is 17.9. The van der Waals surface area contributed by atoms with Crippen LogP contribution in [0, 0.1) is 11.8 Å². The molecule has 1 aromatic carbocycles. The molecule has 3 heterocycles. The number of carbonyl (C=O) groups excluding carboxylic acids is 2. The molecule has 0 saturated carbocycles. The minimum Gasteiger partial charge on any atom is -0.478 e. The van der Waals surface area contributed by atoms with E-state index in [1.54, 1.807) is 12.1 Å². The monoisotopic (exact) mass is 446 g/mol. The molecular weight excluding hydrogens is 422 g/mol. The highest BCUT2D eigenvalue weighted by molar-refractivity contribution is 5.98. The average molecular weight is 446 g/mol. The van der Waals surface area contributed by atoms with Gasteiger partial charge in [0, 0.05) is 38.3 Å². The lowest BCUT2D eigenvalue weighted by Crippen LogP contribution is -2.46. The number of nitrogens with one attached hydrogen (secondary N) is 1. The SMILES string of the molecule is CCC1Oc2ccc(CN3CCN(c4ccc(C(=O)OC)nc4F)CC3)c(F)c2NC1=O. The van der Waals surface area contributed by atoms with E-state index in [-0.39, 0.29) is 17.3 Å². The molecule has 0 spiro atoms. The van der Waals surface area contributed by atoms with Gasteiger partial charge in [0.05, 0.1) is 12.8 Å². The number of piperazine rings is 1. The van der Waals surface area contributed by atoms with Crippen LogP contribution in [0.3, 0.4) is 0 Å². The number of ether oxygens (including phenoxy) is 2. The van der Waals surface area contributed by atoms with Crippen molar-refractivity contribution in [3.05, 3.63) is 47.3 Å². The Labute approximate surface area is 184 Å². The Morgan fingerprint density at radius 3 is 2.62 bits per heavy atom. The van der Waals surface area contributed by atoms with Gasteiger partial charge >= 0.3 is 5.97 Å². The molecule has 0 radical (unpaired) electrons. The Hall–Kier alpha value is -3.27. The van der Waals surface area contributed by atoms with Crippen LogP contribution in [0.2, 0.25) is 0 Å². The van der Waals surface area contributed by atoms with Crippen LogP contribution in [-0.4, -0.2) is 61.2 Å². The van der Waals surface area contributed by atoms with Gasteiger partial charge in [-0.1, -0.05) is 13.0 Å². The van der Waals surface area contributed by atoms with E-state index >= 15 is 4.39 Å². The standard InChI is InChI=1S/C22H24F2N4O4/c1-3-16-21(29)26-19-17(32-16)7-4-13(18(19)23)12-27-8-10-28(11-9-27)15-6-5-14(22(30)31-2)25-20(15)24/h4-7,16H,3,8-12H2,1-2H3,(H,26,29). The highest BCUT2D eigenvalue weighted by Crippen LogP contribution is 2.35. The number of carbonyl (C=O) groups is 2. The maximum Gasteiger partial charge on any atom is 0.356 e. The van der Waals surface area contributed by atoms with Crippen molar-refractivity contribution in [1.82, 2.24) is 9.88 Å². The fraction of sp³-hybridized carbons (Fsp3) is 0.409. The average Bonchev–Trinajstić information content (AvgIpc) is 2.81. The molecule has 2 aliphatic rings. The summed E-state index contributed by atoms with van der Waals surface area (Å²) in [5.74, 6) is -1.94. The predicted molar refractivity (Wildman–Crippen MR) is 113 cm³/mol. The molecule has 1 fully saturated rings. The van der Waals surface area contributed by atoms with E-state index in [4.69, 9.17) is 4.74 Å². The van der Waals surface area contributed by atoms with Crippen molar-refractivity contribution in [1.29, 1.82) is 0 Å². The molecule has 1 aromatic heterocycles. The summed E-state index contributed by atoms with van der Waals surface area (Å²) in [6.45, 7) is 4.36. The number of rotatable bonds is 5. The van der Waals surface area contributed by atoms with E-state index < -0.39 is 23.8 Å². The highest BCUT2D eigenvalue weighted by Gasteiger charge is 2.30. The number of fused-ring (bicyclic) bond motifs is 1. The molecule has 1 atom stereocenters. The van der Waals surface area contributed by atoms with Gasteiger partial charge in [0.25, 0.3) is 5.91 Å². The summed E-state index contributed by atoms with van der Waals surface area (Å²) in [5.41, 5.74) is 0.750. The van der Waals surface area contributed by atoms with Crippen LogP contribution in [0.4, 0.5) is 20.2 Å². The van der Waals surface area contributed by atoms with Gasteiger partial charge in [-0.2, -0.15) is 4.39 Å². The lowest BCUT2D eigenvalue weighted by atomic mass is 10.1. The molecule has 10 heteroatoms. The summed E-state index contributed by atoms with van der Waals surface area (Å²) in [7, 11) is 1.21. The molecule has 0 bridgehead atoms. The van der Waals surface area contributed by atoms with Crippen molar-refractivity contribution in [3.63, 3.8) is 0 Å². The number of halogens is 2. The number of aromatic nitrogens is 1. The fourth-order valence-electron chi connectivity index (χ4n) is 3.89. The number of hydrogen-bond acceptors (Lipinski definition) is 7. The Bertz CT molecular complexity index is 1040.